The van der Waals surface area contributed by atoms with Crippen molar-refractivity contribution in [2.24, 2.45) is 0 Å². The maximum atomic E-state index is 12.1. The Labute approximate surface area is 141 Å². The van der Waals surface area contributed by atoms with Crippen LogP contribution in [0.5, 0.6) is 11.5 Å². The Morgan fingerprint density at radius 1 is 1.45 bits per heavy atom. The molecule has 1 aromatic rings. The quantitative estimate of drug-likeness (QED) is 0.618. The number of benzene rings is 1. The molecule has 2 atom stereocenters. The molecule has 0 aromatic heterocycles. The van der Waals surface area contributed by atoms with Gasteiger partial charge >= 0.3 is 5.91 Å². The van der Waals surface area contributed by atoms with Crippen LogP contribution in [0, 0.1) is 0 Å². The summed E-state index contributed by atoms with van der Waals surface area (Å²) in [4.78, 5) is 17.4. The summed E-state index contributed by atoms with van der Waals surface area (Å²) in [6.45, 7) is 0. The topological polar surface area (TPSA) is 80.3 Å². The predicted molar refractivity (Wildman–Crippen MR) is 81.3 cm³/mol. The Kier molecular flexibility index (Phi) is 5.26. The molecular weight excluding hydrogens is 358 g/mol. The second-order valence-corrected chi connectivity index (χ2v) is 6.62. The summed E-state index contributed by atoms with van der Waals surface area (Å²) in [5, 5.41) is 13.1. The third kappa shape index (κ3) is 3.51. The van der Waals surface area contributed by atoms with Crippen LogP contribution in [0.15, 0.2) is 18.2 Å². The molecule has 2 N–H and O–H groups in total. The zero-order chi connectivity index (χ0) is 16.5. The monoisotopic (exact) mass is 370 g/mol. The molecule has 0 bridgehead atoms. The zero-order valence-electron chi connectivity index (χ0n) is 11.5. The number of aliphatic hydroxyl groups excluding tert-OH is 1. The predicted octanol–water partition coefficient (Wildman–Crippen LogP) is 1.59. The van der Waals surface area contributed by atoms with Crippen LogP contribution < -0.4 is 19.9 Å². The van der Waals surface area contributed by atoms with Gasteiger partial charge in [-0.3, -0.25) is 10.1 Å². The Bertz CT molecular complexity index is 566. The van der Waals surface area contributed by atoms with Crippen LogP contribution in [0.25, 0.3) is 0 Å². The van der Waals surface area contributed by atoms with Crippen LogP contribution >= 0.6 is 34.8 Å². The van der Waals surface area contributed by atoms with Crippen molar-refractivity contribution in [2.75, 3.05) is 19.2 Å². The van der Waals surface area contributed by atoms with Crippen LogP contribution in [0.1, 0.15) is 0 Å². The van der Waals surface area contributed by atoms with Crippen molar-refractivity contribution in [1.82, 2.24) is 5.32 Å². The highest BCUT2D eigenvalue weighted by atomic mass is 35.6. The van der Waals surface area contributed by atoms with E-state index >= 15 is 0 Å². The van der Waals surface area contributed by atoms with Crippen molar-refractivity contribution in [3.05, 3.63) is 18.2 Å². The molecular formula is C12H13Cl3N2O5. The number of anilines is 1. The van der Waals surface area contributed by atoms with Gasteiger partial charge in [0.25, 0.3) is 6.29 Å². The zero-order valence-corrected chi connectivity index (χ0v) is 13.8. The van der Waals surface area contributed by atoms with E-state index in [1.165, 1.54) is 26.3 Å². The average Bonchev–Trinajstić information content (AvgIpc) is 2.46. The molecule has 2 rings (SSSR count). The van der Waals surface area contributed by atoms with Crippen molar-refractivity contribution < 1.29 is 24.2 Å². The van der Waals surface area contributed by atoms with Crippen LogP contribution in [0.3, 0.4) is 0 Å². The number of hydrogen-bond donors (Lipinski definition) is 2. The van der Waals surface area contributed by atoms with Gasteiger partial charge in [0.05, 0.1) is 7.11 Å². The molecule has 0 saturated carbocycles. The van der Waals surface area contributed by atoms with E-state index in [9.17, 15) is 9.90 Å². The fourth-order valence-electron chi connectivity index (χ4n) is 1.76. The minimum Gasteiger partial charge on any atom is -0.497 e. The van der Waals surface area contributed by atoms with E-state index in [0.29, 0.717) is 5.75 Å². The highest BCUT2D eigenvalue weighted by Crippen LogP contribution is 2.39. The van der Waals surface area contributed by atoms with Crippen LogP contribution in [-0.2, 0) is 9.63 Å². The molecule has 0 aliphatic carbocycles. The first-order valence-corrected chi connectivity index (χ1v) is 7.18. The van der Waals surface area contributed by atoms with Crippen LogP contribution in [-0.4, -0.2) is 41.5 Å². The lowest BCUT2D eigenvalue weighted by Gasteiger charge is -2.35. The standard InChI is InChI=1S/C12H13Cl3N2O5/c1-16-11(12(13,14)15)22-17-7-4-3-6(20-2)5-8(7)21-10(19)9(17)18/h3-5,10-11,16,19H,1-2H3/t10-,11+/m0/s1. The highest BCUT2D eigenvalue weighted by Gasteiger charge is 2.41. The van der Waals surface area contributed by atoms with Gasteiger partial charge in [0.1, 0.15) is 11.4 Å². The number of methoxy groups -OCH3 is 1. The van der Waals surface area contributed by atoms with Crippen molar-refractivity contribution in [3.63, 3.8) is 0 Å². The number of hydrogen-bond acceptors (Lipinski definition) is 6. The van der Waals surface area contributed by atoms with E-state index in [1.807, 2.05) is 0 Å². The number of amides is 1. The number of nitrogens with one attached hydrogen (secondary N) is 1. The van der Waals surface area contributed by atoms with Crippen molar-refractivity contribution in [1.29, 1.82) is 0 Å². The normalized spacial score (nSPS) is 19.5. The Hall–Kier alpha value is -0.960. The Morgan fingerprint density at radius 2 is 2.14 bits per heavy atom. The summed E-state index contributed by atoms with van der Waals surface area (Å²) in [6, 6.07) is 4.60. The molecule has 7 nitrogen and oxygen atoms in total. The first kappa shape index (κ1) is 17.4. The maximum Gasteiger partial charge on any atom is 0.320 e. The number of alkyl halides is 3. The Balaban J connectivity index is 2.36. The van der Waals surface area contributed by atoms with Gasteiger partial charge in [-0.1, -0.05) is 34.8 Å². The third-order valence-corrected chi connectivity index (χ3v) is 3.40. The lowest BCUT2D eigenvalue weighted by molar-refractivity contribution is -0.154. The number of rotatable bonds is 4. The Morgan fingerprint density at radius 3 is 2.68 bits per heavy atom. The molecule has 1 aliphatic heterocycles. The summed E-state index contributed by atoms with van der Waals surface area (Å²) in [5.41, 5.74) is 0.241. The number of nitrogens with zero attached hydrogens (tertiary/aromatic N) is 1. The SMILES string of the molecule is CN[C@H](ON1C(=O)[C@@H](O)Oc2cc(OC)ccc21)C(Cl)(Cl)Cl. The van der Waals surface area contributed by atoms with E-state index in [1.54, 1.807) is 6.07 Å². The summed E-state index contributed by atoms with van der Waals surface area (Å²) >= 11 is 17.3. The van der Waals surface area contributed by atoms with Gasteiger partial charge in [0.2, 0.25) is 3.79 Å². The van der Waals surface area contributed by atoms with E-state index in [0.717, 1.165) is 5.06 Å². The van der Waals surface area contributed by atoms with Gasteiger partial charge in [-0.05, 0) is 19.2 Å². The third-order valence-electron chi connectivity index (χ3n) is 2.81. The fourth-order valence-corrected chi connectivity index (χ4v) is 2.21. The number of aliphatic hydroxyl groups is 1. The van der Waals surface area contributed by atoms with E-state index < -0.39 is 22.2 Å². The lowest BCUT2D eigenvalue weighted by Crippen LogP contribution is -2.52. The van der Waals surface area contributed by atoms with E-state index in [4.69, 9.17) is 49.1 Å². The van der Waals surface area contributed by atoms with Gasteiger partial charge < -0.3 is 14.6 Å². The van der Waals surface area contributed by atoms with Gasteiger partial charge in [-0.2, -0.15) is 5.06 Å². The molecule has 22 heavy (non-hydrogen) atoms. The van der Waals surface area contributed by atoms with Gasteiger partial charge in [-0.15, -0.1) is 0 Å². The number of fused-ring (bicyclic) bond motifs is 1. The van der Waals surface area contributed by atoms with Crippen LogP contribution in [0.4, 0.5) is 5.69 Å². The molecule has 1 amide bonds. The number of hydroxylamine groups is 1. The first-order valence-electron chi connectivity index (χ1n) is 6.05. The van der Waals surface area contributed by atoms with Crippen molar-refractivity contribution >= 4 is 46.4 Å². The summed E-state index contributed by atoms with van der Waals surface area (Å²) in [5.74, 6) is -0.190. The largest absolute Gasteiger partial charge is 0.497 e. The fraction of sp³-hybridized carbons (Fsp3) is 0.417. The van der Waals surface area contributed by atoms with Crippen molar-refractivity contribution in [3.8, 4) is 11.5 Å². The first-order chi connectivity index (χ1) is 10.3. The van der Waals surface area contributed by atoms with Gasteiger partial charge in [-0.25, -0.2) is 4.84 Å². The second kappa shape index (κ2) is 6.66. The van der Waals surface area contributed by atoms with Crippen molar-refractivity contribution in [2.45, 2.75) is 16.3 Å². The number of carbonyl (C=O) groups excluding carboxylic acids is 1. The molecule has 10 heteroatoms. The summed E-state index contributed by atoms with van der Waals surface area (Å²) < 4.78 is 8.31. The molecule has 0 saturated heterocycles. The minimum atomic E-state index is -1.84. The van der Waals surface area contributed by atoms with Gasteiger partial charge in [0.15, 0.2) is 12.0 Å². The molecule has 1 aromatic carbocycles. The number of halogens is 3. The number of ether oxygens (including phenoxy) is 2. The van der Waals surface area contributed by atoms with E-state index in [-0.39, 0.29) is 11.4 Å². The smallest absolute Gasteiger partial charge is 0.320 e. The number of carbonyl (C=O) groups is 1. The molecule has 0 fully saturated rings. The highest BCUT2D eigenvalue weighted by molar-refractivity contribution is 6.68. The molecule has 0 radical (unpaired) electrons. The van der Waals surface area contributed by atoms with Crippen LogP contribution in [0.2, 0.25) is 0 Å². The van der Waals surface area contributed by atoms with E-state index in [2.05, 4.69) is 5.32 Å². The lowest BCUT2D eigenvalue weighted by atomic mass is 10.2. The van der Waals surface area contributed by atoms with Gasteiger partial charge in [0, 0.05) is 6.07 Å². The summed E-state index contributed by atoms with van der Waals surface area (Å²) in [6.07, 6.45) is -2.88. The maximum absolute atomic E-state index is 12.1. The summed E-state index contributed by atoms with van der Waals surface area (Å²) in [7, 11) is 2.96. The second-order valence-electron chi connectivity index (χ2n) is 4.25. The molecule has 1 aliphatic rings. The molecule has 0 spiro atoms. The molecule has 0 unspecified atom stereocenters. The molecule has 122 valence electrons. The molecule has 1 heterocycles. The minimum absolute atomic E-state index is 0.186. The average molecular weight is 372 g/mol.